The van der Waals surface area contributed by atoms with Gasteiger partial charge < -0.3 is 14.1 Å². The molecule has 1 aliphatic heterocycles. The molecular weight excluding hydrogens is 302 g/mol. The summed E-state index contributed by atoms with van der Waals surface area (Å²) in [5, 5.41) is 9.94. The maximum Gasteiger partial charge on any atom is 0.235 e. The van der Waals surface area contributed by atoms with Crippen LogP contribution in [-0.4, -0.2) is 30.3 Å². The lowest BCUT2D eigenvalue weighted by atomic mass is 10.2. The van der Waals surface area contributed by atoms with Crippen LogP contribution in [0, 0.1) is 11.3 Å². The van der Waals surface area contributed by atoms with E-state index in [2.05, 4.69) is 11.1 Å². The van der Waals surface area contributed by atoms with Crippen molar-refractivity contribution in [3.8, 4) is 17.5 Å². The quantitative estimate of drug-likeness (QED) is 0.848. The standard InChI is InChI=1S/C16H16ClN3O2/c1-10-8-20(9-11(2)21-10)16-14(7-18)19-15(22-16)12-4-3-5-13(17)6-12/h3-6,10-11H,8-9H2,1-2H3/t10-,11-/m1/s1. The van der Waals surface area contributed by atoms with E-state index in [0.717, 1.165) is 5.56 Å². The third-order valence-corrected chi connectivity index (χ3v) is 3.73. The number of rotatable bonds is 2. The molecule has 0 unspecified atom stereocenters. The molecule has 22 heavy (non-hydrogen) atoms. The SMILES string of the molecule is C[C@@H]1CN(c2oc(-c3cccc(Cl)c3)nc2C#N)C[C@@H](C)O1. The Morgan fingerprint density at radius 1 is 1.32 bits per heavy atom. The van der Waals surface area contributed by atoms with Crippen LogP contribution in [0.2, 0.25) is 5.02 Å². The van der Waals surface area contributed by atoms with E-state index in [9.17, 15) is 5.26 Å². The van der Waals surface area contributed by atoms with Crippen molar-refractivity contribution in [1.29, 1.82) is 5.26 Å². The van der Waals surface area contributed by atoms with Gasteiger partial charge in [0.05, 0.1) is 12.2 Å². The van der Waals surface area contributed by atoms with Gasteiger partial charge in [-0.1, -0.05) is 17.7 Å². The van der Waals surface area contributed by atoms with Crippen molar-refractivity contribution >= 4 is 17.5 Å². The van der Waals surface area contributed by atoms with Gasteiger partial charge in [0.2, 0.25) is 17.5 Å². The largest absolute Gasteiger partial charge is 0.419 e. The first-order valence-electron chi connectivity index (χ1n) is 7.14. The Hall–Kier alpha value is -2.03. The van der Waals surface area contributed by atoms with Crippen molar-refractivity contribution in [2.45, 2.75) is 26.1 Å². The van der Waals surface area contributed by atoms with Crippen molar-refractivity contribution in [2.75, 3.05) is 18.0 Å². The number of aromatic nitrogens is 1. The third-order valence-electron chi connectivity index (χ3n) is 3.49. The minimum Gasteiger partial charge on any atom is -0.419 e. The van der Waals surface area contributed by atoms with E-state index in [-0.39, 0.29) is 17.9 Å². The summed E-state index contributed by atoms with van der Waals surface area (Å²) in [6.45, 7) is 5.35. The lowest BCUT2D eigenvalue weighted by Crippen LogP contribution is -2.45. The Labute approximate surface area is 134 Å². The van der Waals surface area contributed by atoms with Gasteiger partial charge in [0.25, 0.3) is 0 Å². The number of nitrogens with zero attached hydrogens (tertiary/aromatic N) is 3. The highest BCUT2D eigenvalue weighted by Crippen LogP contribution is 2.30. The van der Waals surface area contributed by atoms with E-state index in [1.54, 1.807) is 12.1 Å². The number of morpholine rings is 1. The fraction of sp³-hybridized carbons (Fsp3) is 0.375. The summed E-state index contributed by atoms with van der Waals surface area (Å²) in [6, 6.07) is 9.34. The van der Waals surface area contributed by atoms with E-state index in [1.807, 2.05) is 30.9 Å². The molecule has 2 atom stereocenters. The van der Waals surface area contributed by atoms with Crippen LogP contribution >= 0.6 is 11.6 Å². The van der Waals surface area contributed by atoms with E-state index >= 15 is 0 Å². The highest BCUT2D eigenvalue weighted by atomic mass is 35.5. The van der Waals surface area contributed by atoms with Crippen LogP contribution in [0.4, 0.5) is 5.88 Å². The molecular formula is C16H16ClN3O2. The van der Waals surface area contributed by atoms with Gasteiger partial charge >= 0.3 is 0 Å². The van der Waals surface area contributed by atoms with Gasteiger partial charge in [0.1, 0.15) is 6.07 Å². The van der Waals surface area contributed by atoms with Gasteiger partial charge in [-0.25, -0.2) is 0 Å². The molecule has 0 N–H and O–H groups in total. The number of ether oxygens (including phenoxy) is 1. The molecule has 2 heterocycles. The lowest BCUT2D eigenvalue weighted by Gasteiger charge is -2.34. The van der Waals surface area contributed by atoms with E-state index < -0.39 is 0 Å². The molecule has 1 fully saturated rings. The van der Waals surface area contributed by atoms with E-state index in [0.29, 0.717) is 29.9 Å². The average Bonchev–Trinajstić information content (AvgIpc) is 2.90. The van der Waals surface area contributed by atoms with Crippen LogP contribution in [-0.2, 0) is 4.74 Å². The summed E-state index contributed by atoms with van der Waals surface area (Å²) >= 11 is 6.00. The Balaban J connectivity index is 1.97. The molecule has 0 bridgehead atoms. The zero-order valence-corrected chi connectivity index (χ0v) is 13.2. The van der Waals surface area contributed by atoms with Crippen LogP contribution in [0.25, 0.3) is 11.5 Å². The van der Waals surface area contributed by atoms with Crippen LogP contribution in [0.15, 0.2) is 28.7 Å². The summed E-state index contributed by atoms with van der Waals surface area (Å²) in [6.07, 6.45) is 0.157. The molecule has 1 aliphatic rings. The molecule has 5 nitrogen and oxygen atoms in total. The average molecular weight is 318 g/mol. The third kappa shape index (κ3) is 2.94. The molecule has 0 amide bonds. The smallest absolute Gasteiger partial charge is 0.235 e. The van der Waals surface area contributed by atoms with Gasteiger partial charge in [-0.2, -0.15) is 10.2 Å². The first kappa shape index (κ1) is 14.9. The summed E-state index contributed by atoms with van der Waals surface area (Å²) in [7, 11) is 0. The minimum absolute atomic E-state index is 0.0787. The Morgan fingerprint density at radius 2 is 2.05 bits per heavy atom. The van der Waals surface area contributed by atoms with E-state index in [4.69, 9.17) is 20.8 Å². The Bertz CT molecular complexity index is 712. The summed E-state index contributed by atoms with van der Waals surface area (Å²) in [5.74, 6) is 0.903. The molecule has 6 heteroatoms. The van der Waals surface area contributed by atoms with Crippen LogP contribution in [0.3, 0.4) is 0 Å². The van der Waals surface area contributed by atoms with Gasteiger partial charge in [-0.3, -0.25) is 0 Å². The fourth-order valence-corrected chi connectivity index (χ4v) is 2.88. The number of nitriles is 1. The number of hydrogen-bond acceptors (Lipinski definition) is 5. The van der Waals surface area contributed by atoms with Crippen molar-refractivity contribution in [3.05, 3.63) is 35.0 Å². The molecule has 3 rings (SSSR count). The molecule has 0 radical (unpaired) electrons. The number of benzene rings is 1. The van der Waals surface area contributed by atoms with Crippen molar-refractivity contribution in [3.63, 3.8) is 0 Å². The van der Waals surface area contributed by atoms with Gasteiger partial charge in [-0.05, 0) is 32.0 Å². The topological polar surface area (TPSA) is 62.3 Å². The summed E-state index contributed by atoms with van der Waals surface area (Å²) < 4.78 is 11.6. The molecule has 1 saturated heterocycles. The predicted octanol–water partition coefficient (Wildman–Crippen LogP) is 3.48. The summed E-state index contributed by atoms with van der Waals surface area (Å²) in [4.78, 5) is 6.31. The molecule has 0 saturated carbocycles. The van der Waals surface area contributed by atoms with Gasteiger partial charge in [0, 0.05) is 23.7 Å². The molecule has 0 aliphatic carbocycles. The highest BCUT2D eigenvalue weighted by molar-refractivity contribution is 6.30. The highest BCUT2D eigenvalue weighted by Gasteiger charge is 2.28. The number of oxazole rings is 1. The lowest BCUT2D eigenvalue weighted by molar-refractivity contribution is -0.00638. The predicted molar refractivity (Wildman–Crippen MR) is 83.9 cm³/mol. The normalized spacial score (nSPS) is 21.6. The Morgan fingerprint density at radius 3 is 2.68 bits per heavy atom. The molecule has 0 spiro atoms. The molecule has 114 valence electrons. The van der Waals surface area contributed by atoms with E-state index in [1.165, 1.54) is 0 Å². The van der Waals surface area contributed by atoms with Crippen LogP contribution < -0.4 is 4.90 Å². The fourth-order valence-electron chi connectivity index (χ4n) is 2.69. The van der Waals surface area contributed by atoms with Gasteiger partial charge in [-0.15, -0.1) is 0 Å². The molecule has 1 aromatic heterocycles. The van der Waals surface area contributed by atoms with Crippen molar-refractivity contribution in [2.24, 2.45) is 0 Å². The van der Waals surface area contributed by atoms with Gasteiger partial charge in [0.15, 0.2) is 0 Å². The second-order valence-electron chi connectivity index (χ2n) is 5.46. The van der Waals surface area contributed by atoms with Crippen LogP contribution in [0.1, 0.15) is 19.5 Å². The number of halogens is 1. The van der Waals surface area contributed by atoms with Crippen molar-refractivity contribution < 1.29 is 9.15 Å². The zero-order chi connectivity index (χ0) is 15.7. The van der Waals surface area contributed by atoms with Crippen molar-refractivity contribution in [1.82, 2.24) is 4.98 Å². The number of hydrogen-bond donors (Lipinski definition) is 0. The first-order valence-corrected chi connectivity index (χ1v) is 7.52. The molecule has 1 aromatic carbocycles. The maximum atomic E-state index is 9.34. The maximum absolute atomic E-state index is 9.34. The molecule has 2 aromatic rings. The minimum atomic E-state index is 0.0787. The number of anilines is 1. The Kier molecular flexibility index (Phi) is 4.06. The second kappa shape index (κ2) is 5.99. The monoisotopic (exact) mass is 317 g/mol. The second-order valence-corrected chi connectivity index (χ2v) is 5.89. The van der Waals surface area contributed by atoms with Crippen LogP contribution in [0.5, 0.6) is 0 Å². The zero-order valence-electron chi connectivity index (χ0n) is 12.4. The first-order chi connectivity index (χ1) is 10.6. The summed E-state index contributed by atoms with van der Waals surface area (Å²) in [5.41, 5.74) is 1.04.